The van der Waals surface area contributed by atoms with Crippen molar-refractivity contribution in [2.24, 2.45) is 16.2 Å². The molecule has 9 rings (SSSR count). The number of nitrogens with zero attached hydrogens (tertiary/aromatic N) is 12. The van der Waals surface area contributed by atoms with Crippen molar-refractivity contribution in [2.45, 2.75) is 137 Å². The molecule has 0 radical (unpaired) electrons. The van der Waals surface area contributed by atoms with Gasteiger partial charge in [0.05, 0.1) is 12.6 Å². The van der Waals surface area contributed by atoms with Gasteiger partial charge >= 0.3 is 6.36 Å². The largest absolute Gasteiger partial charge is 0.573 e. The molecule has 0 aliphatic carbocycles. The Hall–Kier alpha value is -8.29. The Bertz CT molecular complexity index is 3770. The summed E-state index contributed by atoms with van der Waals surface area (Å²) < 4.78 is 54.7. The van der Waals surface area contributed by atoms with Crippen LogP contribution >= 0.6 is 0 Å². The van der Waals surface area contributed by atoms with E-state index in [1.165, 1.54) is 37.0 Å². The van der Waals surface area contributed by atoms with Crippen LogP contribution in [0, 0.1) is 43.9 Å². The minimum Gasteiger partial charge on any atom is -0.494 e. The lowest BCUT2D eigenvalue weighted by Crippen LogP contribution is -2.20. The van der Waals surface area contributed by atoms with Crippen molar-refractivity contribution < 1.29 is 37.0 Å². The van der Waals surface area contributed by atoms with Gasteiger partial charge in [-0.1, -0.05) is 62.3 Å². The van der Waals surface area contributed by atoms with Crippen LogP contribution in [0.25, 0.3) is 66.1 Å². The highest BCUT2D eigenvalue weighted by molar-refractivity contribution is 6.09. The van der Waals surface area contributed by atoms with Gasteiger partial charge in [0, 0.05) is 110 Å². The van der Waals surface area contributed by atoms with E-state index in [-0.39, 0.29) is 44.8 Å². The van der Waals surface area contributed by atoms with E-state index in [0.717, 1.165) is 62.0 Å². The van der Waals surface area contributed by atoms with Crippen molar-refractivity contribution in [3.05, 3.63) is 114 Å². The first-order valence-corrected chi connectivity index (χ1v) is 26.0. The third-order valence-electron chi connectivity index (χ3n) is 12.3. The highest BCUT2D eigenvalue weighted by Gasteiger charge is 2.34. The van der Waals surface area contributed by atoms with Crippen molar-refractivity contribution in [3.63, 3.8) is 0 Å². The van der Waals surface area contributed by atoms with Gasteiger partial charge in [-0.2, -0.15) is 15.3 Å². The van der Waals surface area contributed by atoms with Crippen LogP contribution in [-0.2, 0) is 19.6 Å². The van der Waals surface area contributed by atoms with Gasteiger partial charge in [-0.05, 0) is 103 Å². The summed E-state index contributed by atoms with van der Waals surface area (Å²) in [6, 6.07) is 10.9. The number of ketones is 3. The number of aryl methyl sites for hydroxylation is 4. The van der Waals surface area contributed by atoms with Gasteiger partial charge in [0.2, 0.25) is 0 Å². The molecule has 20 heteroatoms. The number of alkyl halides is 3. The summed E-state index contributed by atoms with van der Waals surface area (Å²) in [5.74, 6) is 1.81. The normalized spacial score (nSPS) is 12.1. The first kappa shape index (κ1) is 59.4. The molecule has 0 unspecified atom stereocenters. The molecule has 17 nitrogen and oxygen atoms in total. The molecule has 6 heterocycles. The highest BCUT2D eigenvalue weighted by atomic mass is 19.4. The maximum absolute atomic E-state index is 13.1. The third kappa shape index (κ3) is 14.3. The number of hydrogen-bond donors (Lipinski definition) is 0. The monoisotopic (exact) mass is 1090 g/mol. The van der Waals surface area contributed by atoms with E-state index in [9.17, 15) is 27.6 Å². The van der Waals surface area contributed by atoms with Gasteiger partial charge < -0.3 is 9.47 Å². The molecule has 3 aromatic carbocycles. The van der Waals surface area contributed by atoms with E-state index >= 15 is 0 Å². The van der Waals surface area contributed by atoms with Crippen LogP contribution < -0.4 is 9.47 Å². The second kappa shape index (κ2) is 22.8. The van der Waals surface area contributed by atoms with Crippen LogP contribution in [0.2, 0.25) is 0 Å². The first-order valence-electron chi connectivity index (χ1n) is 26.0. The summed E-state index contributed by atoms with van der Waals surface area (Å²) in [6.07, 6.45) is 5.29. The highest BCUT2D eigenvalue weighted by Crippen LogP contribution is 2.39. The molecule has 0 fully saturated rings. The Balaban J connectivity index is 0.000000174. The molecule has 0 aliphatic heterocycles. The Morgan fingerprint density at radius 1 is 0.438 bits per heavy atom. The van der Waals surface area contributed by atoms with Crippen molar-refractivity contribution in [2.75, 3.05) is 7.11 Å². The fraction of sp³-hybridized carbons (Fsp3) is 0.400. The van der Waals surface area contributed by atoms with E-state index in [1.54, 1.807) is 39.4 Å². The second-order valence-electron chi connectivity index (χ2n) is 23.6. The van der Waals surface area contributed by atoms with Gasteiger partial charge in [0.25, 0.3) is 0 Å². The summed E-state index contributed by atoms with van der Waals surface area (Å²) in [7, 11) is 1.63. The van der Waals surface area contributed by atoms with Gasteiger partial charge in [-0.3, -0.25) is 28.4 Å². The van der Waals surface area contributed by atoms with Crippen molar-refractivity contribution in [1.29, 1.82) is 0 Å². The molecule has 0 spiro atoms. The fourth-order valence-electron chi connectivity index (χ4n) is 9.04. The van der Waals surface area contributed by atoms with Gasteiger partial charge in [-0.25, -0.2) is 29.9 Å². The number of fused-ring (bicyclic) bond motifs is 3. The van der Waals surface area contributed by atoms with Crippen LogP contribution in [0.15, 0.2) is 73.6 Å². The van der Waals surface area contributed by atoms with Crippen LogP contribution in [0.1, 0.15) is 138 Å². The Kier molecular flexibility index (Phi) is 16.9. The molecule has 0 bridgehead atoms. The minimum absolute atomic E-state index is 0.0154. The number of hydrogen-bond acceptors (Lipinski definition) is 14. The summed E-state index contributed by atoms with van der Waals surface area (Å²) in [5, 5.41) is 15.5. The summed E-state index contributed by atoms with van der Waals surface area (Å²) in [4.78, 5) is 61.8. The molecule has 0 atom stereocenters. The Morgan fingerprint density at radius 2 is 0.725 bits per heavy atom. The third-order valence-corrected chi connectivity index (χ3v) is 12.3. The van der Waals surface area contributed by atoms with E-state index in [0.29, 0.717) is 58.4 Å². The van der Waals surface area contributed by atoms with Crippen LogP contribution in [0.5, 0.6) is 11.5 Å². The molecule has 0 amide bonds. The fourth-order valence-corrected chi connectivity index (χ4v) is 9.04. The average Bonchev–Trinajstić information content (AvgIpc) is 4.02. The zero-order valence-electron chi connectivity index (χ0n) is 48.6. The summed E-state index contributed by atoms with van der Waals surface area (Å²) >= 11 is 0. The van der Waals surface area contributed by atoms with Crippen LogP contribution in [0.4, 0.5) is 13.2 Å². The van der Waals surface area contributed by atoms with Crippen LogP contribution in [-0.4, -0.2) is 90.1 Å². The van der Waals surface area contributed by atoms with E-state index in [2.05, 4.69) is 104 Å². The summed E-state index contributed by atoms with van der Waals surface area (Å²) in [5.41, 5.74) is 8.56. The maximum Gasteiger partial charge on any atom is 0.573 e. The number of methoxy groups -OCH3 is 1. The van der Waals surface area contributed by atoms with Gasteiger partial charge in [0.15, 0.2) is 23.1 Å². The molecule has 0 saturated carbocycles. The van der Waals surface area contributed by atoms with Crippen molar-refractivity contribution in [1.82, 2.24) is 59.2 Å². The maximum atomic E-state index is 13.1. The number of aromatic nitrogens is 12. The number of halogens is 3. The standard InChI is InChI=1S/C20H21F3N4O2.C20H24N4O2.C20H24N4O/c1-11(28)17-15-6-13(14-8-24-12(2)25-9-14)7-16(29-20(21,22)23)18(15)27(26-17)10-19(3,4)5;1-12(25)18-16-7-14(15-9-21-13(2)22-10-15)8-17(26-6)19(16)24(23-18)11-20(3,4)5;1-12-7-15(16-9-21-14(3)22-10-16)8-17-18(13(2)25)23-24(19(12)17)11-20(4,5)6/h6-9H,10H2,1-5H3;7-10H,11H2,1-6H3;7-10H,11H2,1-6H3. The lowest BCUT2D eigenvalue weighted by atomic mass is 9.96. The molecule has 80 heavy (non-hydrogen) atoms. The second-order valence-corrected chi connectivity index (χ2v) is 23.6. The molecular weight excluding hydrogens is 1030 g/mol. The quantitative estimate of drug-likeness (QED) is 0.111. The van der Waals surface area contributed by atoms with E-state index in [4.69, 9.17) is 4.74 Å². The average molecular weight is 1100 g/mol. The van der Waals surface area contributed by atoms with Crippen molar-refractivity contribution in [3.8, 4) is 44.9 Å². The Morgan fingerprint density at radius 3 is 1.02 bits per heavy atom. The zero-order chi connectivity index (χ0) is 59.0. The van der Waals surface area contributed by atoms with E-state index < -0.39 is 12.1 Å². The zero-order valence-corrected chi connectivity index (χ0v) is 48.6. The summed E-state index contributed by atoms with van der Waals surface area (Å²) in [6.45, 7) is 32.3. The lowest BCUT2D eigenvalue weighted by Gasteiger charge is -2.20. The molecular formula is C60H69F3N12O5. The number of carbonyl (C=O) groups is 3. The molecule has 0 saturated heterocycles. The number of benzene rings is 3. The molecule has 9 aromatic rings. The molecule has 0 aliphatic rings. The Labute approximate surface area is 463 Å². The SMILES string of the molecule is CC(=O)c1nn(CC(C)(C)C)c2c(C)cc(-c3cnc(C)nc3)cc12.CC(=O)c1nn(CC(C)(C)C)c2c(OC(F)(F)F)cc(-c3cnc(C)nc3)cc12.COc1cc(-c2cnc(C)nc2)cc2c(C(C)=O)nn(CC(C)(C)C)c12. The smallest absolute Gasteiger partial charge is 0.494 e. The predicted molar refractivity (Wildman–Crippen MR) is 303 cm³/mol. The first-order chi connectivity index (χ1) is 37.2. The number of Topliss-reactive ketones (excluding diaryl/α,β-unsaturated/α-hetero) is 3. The topological polar surface area (TPSA) is 200 Å². The predicted octanol–water partition coefficient (Wildman–Crippen LogP) is 13.4. The van der Waals surface area contributed by atoms with Gasteiger partial charge in [0.1, 0.15) is 51.3 Å². The number of rotatable bonds is 11. The molecule has 420 valence electrons. The van der Waals surface area contributed by atoms with E-state index in [1.807, 2.05) is 74.6 Å². The molecule has 0 N–H and O–H groups in total. The minimum atomic E-state index is -4.90. The number of carbonyl (C=O) groups excluding carboxylic acids is 3. The van der Waals surface area contributed by atoms with Crippen molar-refractivity contribution >= 4 is 50.1 Å². The van der Waals surface area contributed by atoms with Crippen LogP contribution in [0.3, 0.4) is 0 Å². The van der Waals surface area contributed by atoms with Gasteiger partial charge in [-0.15, -0.1) is 13.2 Å². The number of ether oxygens (including phenoxy) is 2. The molecule has 6 aromatic heterocycles. The lowest BCUT2D eigenvalue weighted by molar-refractivity contribution is -0.274.